The third-order valence-electron chi connectivity index (χ3n) is 6.50. The van der Waals surface area contributed by atoms with Crippen molar-refractivity contribution < 1.29 is 22.7 Å². The van der Waals surface area contributed by atoms with Crippen molar-refractivity contribution in [1.82, 2.24) is 14.5 Å². The minimum absolute atomic E-state index is 0.0754. The molecule has 0 spiro atoms. The van der Waals surface area contributed by atoms with Gasteiger partial charge in [0.2, 0.25) is 15.9 Å². The molecule has 170 valence electrons. The summed E-state index contributed by atoms with van der Waals surface area (Å²) in [5.74, 6) is 0.158. The van der Waals surface area contributed by atoms with Crippen LogP contribution in [0.25, 0.3) is 0 Å². The van der Waals surface area contributed by atoms with E-state index in [9.17, 15) is 18.0 Å². The SMILES string of the molecule is O=C(c1cccc(S(=O)(=O)NCC2CCCO2)c1)N1CCN(C(=O)C2CCCC2)CC1. The van der Waals surface area contributed by atoms with Crippen molar-refractivity contribution in [1.29, 1.82) is 0 Å². The lowest BCUT2D eigenvalue weighted by molar-refractivity contribution is -0.136. The number of hydrogen-bond donors (Lipinski definition) is 1. The third-order valence-corrected chi connectivity index (χ3v) is 7.92. The van der Waals surface area contributed by atoms with E-state index in [0.717, 1.165) is 38.5 Å². The lowest BCUT2D eigenvalue weighted by Gasteiger charge is -2.36. The highest BCUT2D eigenvalue weighted by atomic mass is 32.2. The van der Waals surface area contributed by atoms with E-state index < -0.39 is 10.0 Å². The van der Waals surface area contributed by atoms with Crippen molar-refractivity contribution in [2.45, 2.75) is 49.5 Å². The van der Waals surface area contributed by atoms with Crippen LogP contribution in [0.4, 0.5) is 0 Å². The van der Waals surface area contributed by atoms with Crippen LogP contribution in [0.2, 0.25) is 0 Å². The molecule has 1 saturated carbocycles. The molecule has 2 amide bonds. The second-order valence-corrected chi connectivity index (χ2v) is 10.4. The maximum atomic E-state index is 13.0. The molecule has 3 aliphatic rings. The number of nitrogens with one attached hydrogen (secondary N) is 1. The summed E-state index contributed by atoms with van der Waals surface area (Å²) in [6.07, 6.45) is 5.88. The summed E-state index contributed by atoms with van der Waals surface area (Å²) < 4.78 is 33.3. The zero-order chi connectivity index (χ0) is 21.8. The lowest BCUT2D eigenvalue weighted by Crippen LogP contribution is -2.51. The molecule has 9 heteroatoms. The molecule has 8 nitrogen and oxygen atoms in total. The molecule has 1 unspecified atom stereocenters. The Bertz CT molecular complexity index is 899. The van der Waals surface area contributed by atoms with Gasteiger partial charge in [0.05, 0.1) is 11.0 Å². The van der Waals surface area contributed by atoms with Crippen molar-refractivity contribution in [3.8, 4) is 0 Å². The quantitative estimate of drug-likeness (QED) is 0.712. The molecule has 0 radical (unpaired) electrons. The van der Waals surface area contributed by atoms with E-state index in [2.05, 4.69) is 4.72 Å². The molecule has 1 aromatic carbocycles. The van der Waals surface area contributed by atoms with E-state index >= 15 is 0 Å². The second-order valence-electron chi connectivity index (χ2n) is 8.61. The number of hydrogen-bond acceptors (Lipinski definition) is 5. The van der Waals surface area contributed by atoms with E-state index in [-0.39, 0.29) is 35.3 Å². The first-order valence-electron chi connectivity index (χ1n) is 11.2. The third kappa shape index (κ3) is 5.27. The fraction of sp³-hybridized carbons (Fsp3) is 0.636. The van der Waals surface area contributed by atoms with Gasteiger partial charge in [-0.25, -0.2) is 13.1 Å². The van der Waals surface area contributed by atoms with Crippen LogP contribution in [-0.4, -0.2) is 75.5 Å². The number of benzene rings is 1. The first-order valence-corrected chi connectivity index (χ1v) is 12.7. The second kappa shape index (κ2) is 9.67. The monoisotopic (exact) mass is 449 g/mol. The molecule has 2 saturated heterocycles. The number of nitrogens with zero attached hydrogens (tertiary/aromatic N) is 2. The van der Waals surface area contributed by atoms with Gasteiger partial charge in [-0.15, -0.1) is 0 Å². The Balaban J connectivity index is 1.35. The first-order chi connectivity index (χ1) is 14.9. The molecule has 1 atom stereocenters. The fourth-order valence-corrected chi connectivity index (χ4v) is 5.74. The Hall–Kier alpha value is -1.97. The van der Waals surface area contributed by atoms with E-state index in [1.54, 1.807) is 17.0 Å². The summed E-state index contributed by atoms with van der Waals surface area (Å²) in [5, 5.41) is 0. The number of carbonyl (C=O) groups is 2. The van der Waals surface area contributed by atoms with Crippen LogP contribution in [-0.2, 0) is 19.6 Å². The van der Waals surface area contributed by atoms with Gasteiger partial charge in [0.1, 0.15) is 0 Å². The highest BCUT2D eigenvalue weighted by molar-refractivity contribution is 7.89. The van der Waals surface area contributed by atoms with E-state index in [1.165, 1.54) is 12.1 Å². The summed E-state index contributed by atoms with van der Waals surface area (Å²) in [6.45, 7) is 2.88. The summed E-state index contributed by atoms with van der Waals surface area (Å²) in [7, 11) is -3.72. The minimum Gasteiger partial charge on any atom is -0.377 e. The number of sulfonamides is 1. The largest absolute Gasteiger partial charge is 0.377 e. The molecule has 1 aliphatic carbocycles. The average molecular weight is 450 g/mol. The molecule has 4 rings (SSSR count). The number of rotatable bonds is 6. The van der Waals surface area contributed by atoms with Gasteiger partial charge < -0.3 is 14.5 Å². The summed E-state index contributed by atoms with van der Waals surface area (Å²) in [4.78, 5) is 29.2. The fourth-order valence-electron chi connectivity index (χ4n) is 4.63. The van der Waals surface area contributed by atoms with Crippen LogP contribution in [0.3, 0.4) is 0 Å². The van der Waals surface area contributed by atoms with Crippen LogP contribution in [0.1, 0.15) is 48.9 Å². The van der Waals surface area contributed by atoms with Gasteiger partial charge in [-0.1, -0.05) is 18.9 Å². The van der Waals surface area contributed by atoms with Crippen molar-refractivity contribution >= 4 is 21.8 Å². The molecule has 0 aromatic heterocycles. The normalized spacial score (nSPS) is 22.8. The molecule has 1 aromatic rings. The van der Waals surface area contributed by atoms with Gasteiger partial charge in [0.25, 0.3) is 5.91 Å². The number of piperazine rings is 1. The summed E-state index contributed by atoms with van der Waals surface area (Å²) in [6, 6.07) is 6.15. The van der Waals surface area contributed by atoms with E-state index in [0.29, 0.717) is 38.3 Å². The Kier molecular flexibility index (Phi) is 6.93. The standard InChI is InChI=1S/C22H31N3O5S/c26-21(17-5-1-2-6-17)24-10-12-25(13-11-24)22(27)18-7-3-9-20(15-18)31(28,29)23-16-19-8-4-14-30-19/h3,7,9,15,17,19,23H,1-2,4-6,8,10-14,16H2. The van der Waals surface area contributed by atoms with E-state index in [1.807, 2.05) is 4.90 Å². The molecule has 3 fully saturated rings. The van der Waals surface area contributed by atoms with Crippen molar-refractivity contribution in [3.63, 3.8) is 0 Å². The van der Waals surface area contributed by atoms with Gasteiger partial charge in [-0.3, -0.25) is 9.59 Å². The Labute approximate surface area is 184 Å². The van der Waals surface area contributed by atoms with Crippen molar-refractivity contribution in [2.75, 3.05) is 39.3 Å². The minimum atomic E-state index is -3.72. The predicted molar refractivity (Wildman–Crippen MR) is 115 cm³/mol. The molecular weight excluding hydrogens is 418 g/mol. The average Bonchev–Trinajstić information content (AvgIpc) is 3.51. The highest BCUT2D eigenvalue weighted by Gasteiger charge is 2.31. The maximum Gasteiger partial charge on any atom is 0.254 e. The molecular formula is C22H31N3O5S. The van der Waals surface area contributed by atoms with Crippen LogP contribution in [0.5, 0.6) is 0 Å². The Morgan fingerprint density at radius 3 is 2.39 bits per heavy atom. The first kappa shape index (κ1) is 22.2. The maximum absolute atomic E-state index is 13.0. The van der Waals surface area contributed by atoms with Gasteiger partial charge in [-0.2, -0.15) is 0 Å². The predicted octanol–water partition coefficient (Wildman–Crippen LogP) is 1.62. The van der Waals surface area contributed by atoms with Crippen molar-refractivity contribution in [3.05, 3.63) is 29.8 Å². The van der Waals surface area contributed by atoms with Crippen LogP contribution >= 0.6 is 0 Å². The molecule has 2 heterocycles. The number of amides is 2. The molecule has 31 heavy (non-hydrogen) atoms. The van der Waals surface area contributed by atoms with Gasteiger partial charge in [0, 0.05) is 50.8 Å². The number of ether oxygens (including phenoxy) is 1. The van der Waals surface area contributed by atoms with Gasteiger partial charge in [-0.05, 0) is 43.9 Å². The van der Waals surface area contributed by atoms with Crippen LogP contribution < -0.4 is 4.72 Å². The van der Waals surface area contributed by atoms with Crippen molar-refractivity contribution in [2.24, 2.45) is 5.92 Å². The summed E-state index contributed by atoms with van der Waals surface area (Å²) >= 11 is 0. The van der Waals surface area contributed by atoms with E-state index in [4.69, 9.17) is 4.74 Å². The summed E-state index contributed by atoms with van der Waals surface area (Å²) in [5.41, 5.74) is 0.343. The smallest absolute Gasteiger partial charge is 0.254 e. The van der Waals surface area contributed by atoms with Crippen LogP contribution in [0, 0.1) is 5.92 Å². The Morgan fingerprint density at radius 2 is 1.71 bits per heavy atom. The molecule has 1 N–H and O–H groups in total. The molecule has 0 bridgehead atoms. The van der Waals surface area contributed by atoms with Gasteiger partial charge >= 0.3 is 0 Å². The topological polar surface area (TPSA) is 96.0 Å². The highest BCUT2D eigenvalue weighted by Crippen LogP contribution is 2.27. The zero-order valence-corrected chi connectivity index (χ0v) is 18.6. The van der Waals surface area contributed by atoms with Crippen LogP contribution in [0.15, 0.2) is 29.2 Å². The zero-order valence-electron chi connectivity index (χ0n) is 17.8. The number of carbonyl (C=O) groups excluding carboxylic acids is 2. The Morgan fingerprint density at radius 1 is 1.00 bits per heavy atom. The van der Waals surface area contributed by atoms with Gasteiger partial charge in [0.15, 0.2) is 0 Å². The molecule has 2 aliphatic heterocycles. The lowest BCUT2D eigenvalue weighted by atomic mass is 10.1.